The molecular weight excluding hydrogens is 164 g/mol. The maximum Gasteiger partial charge on any atom is 0.222 e. The van der Waals surface area contributed by atoms with Gasteiger partial charge in [0.1, 0.15) is 0 Å². The summed E-state index contributed by atoms with van der Waals surface area (Å²) in [6.45, 7) is 3.77. The van der Waals surface area contributed by atoms with Gasteiger partial charge in [0.15, 0.2) is 0 Å². The summed E-state index contributed by atoms with van der Waals surface area (Å²) in [5.41, 5.74) is 0. The van der Waals surface area contributed by atoms with E-state index in [0.29, 0.717) is 18.4 Å². The Kier molecular flexibility index (Phi) is 4.22. The molecule has 0 saturated carbocycles. The molecule has 13 heavy (non-hydrogen) atoms. The summed E-state index contributed by atoms with van der Waals surface area (Å²) in [7, 11) is 1.98. The number of hydrogen-bond donors (Lipinski definition) is 1. The summed E-state index contributed by atoms with van der Waals surface area (Å²) < 4.78 is 0. The van der Waals surface area contributed by atoms with Gasteiger partial charge in [-0.3, -0.25) is 4.79 Å². The van der Waals surface area contributed by atoms with Crippen molar-refractivity contribution in [1.82, 2.24) is 10.2 Å². The van der Waals surface area contributed by atoms with Crippen LogP contribution in [0.4, 0.5) is 0 Å². The van der Waals surface area contributed by atoms with Gasteiger partial charge in [0.2, 0.25) is 5.91 Å². The number of carbonyl (C=O) groups excluding carboxylic acids is 1. The predicted molar refractivity (Wildman–Crippen MR) is 53.6 cm³/mol. The van der Waals surface area contributed by atoms with Crippen molar-refractivity contribution in [2.24, 2.45) is 0 Å². The first-order chi connectivity index (χ1) is 6.27. The number of nitrogens with one attached hydrogen (secondary N) is 1. The van der Waals surface area contributed by atoms with E-state index in [9.17, 15) is 4.79 Å². The zero-order valence-electron chi connectivity index (χ0n) is 8.68. The van der Waals surface area contributed by atoms with Crippen LogP contribution in [0.3, 0.4) is 0 Å². The third kappa shape index (κ3) is 2.99. The molecule has 0 aromatic heterocycles. The number of rotatable bonds is 2. The predicted octanol–water partition coefficient (Wildman–Crippen LogP) is 0.997. The highest BCUT2D eigenvalue weighted by Gasteiger charge is 2.19. The van der Waals surface area contributed by atoms with Crippen LogP contribution >= 0.6 is 0 Å². The van der Waals surface area contributed by atoms with Crippen molar-refractivity contribution in [3.63, 3.8) is 0 Å². The fourth-order valence-corrected chi connectivity index (χ4v) is 1.83. The molecule has 1 atom stereocenters. The van der Waals surface area contributed by atoms with Crippen LogP contribution in [-0.4, -0.2) is 37.0 Å². The van der Waals surface area contributed by atoms with E-state index in [4.69, 9.17) is 0 Å². The first-order valence-corrected chi connectivity index (χ1v) is 5.23. The summed E-state index contributed by atoms with van der Waals surface area (Å²) in [5.74, 6) is 0.294. The molecule has 1 N–H and O–H groups in total. The number of amides is 1. The van der Waals surface area contributed by atoms with Crippen LogP contribution in [0.25, 0.3) is 0 Å². The Balaban J connectivity index is 2.48. The average molecular weight is 184 g/mol. The third-order valence-electron chi connectivity index (χ3n) is 2.73. The maximum atomic E-state index is 11.5. The second-order valence-electron chi connectivity index (χ2n) is 3.67. The highest BCUT2D eigenvalue weighted by Crippen LogP contribution is 2.11. The molecule has 0 bridgehead atoms. The van der Waals surface area contributed by atoms with Crippen molar-refractivity contribution < 1.29 is 4.79 Å². The molecule has 3 heteroatoms. The van der Waals surface area contributed by atoms with Gasteiger partial charge in [-0.1, -0.05) is 13.3 Å². The van der Waals surface area contributed by atoms with Crippen molar-refractivity contribution in [1.29, 1.82) is 0 Å². The van der Waals surface area contributed by atoms with Crippen LogP contribution in [0.5, 0.6) is 0 Å². The zero-order valence-corrected chi connectivity index (χ0v) is 8.68. The van der Waals surface area contributed by atoms with Gasteiger partial charge in [0, 0.05) is 25.6 Å². The second-order valence-corrected chi connectivity index (χ2v) is 3.67. The Morgan fingerprint density at radius 3 is 2.92 bits per heavy atom. The van der Waals surface area contributed by atoms with E-state index >= 15 is 0 Å². The normalized spacial score (nSPS) is 24.2. The first kappa shape index (κ1) is 10.5. The minimum Gasteiger partial charge on any atom is -0.341 e. The van der Waals surface area contributed by atoms with Gasteiger partial charge in [0.05, 0.1) is 0 Å². The number of carbonyl (C=O) groups is 1. The minimum absolute atomic E-state index is 0.294. The molecule has 0 aromatic carbocycles. The molecule has 1 aliphatic rings. The van der Waals surface area contributed by atoms with Crippen LogP contribution in [0.1, 0.15) is 32.6 Å². The SMILES string of the molecule is CCC(=O)N1CCCCC(NC)C1. The molecule has 1 rings (SSSR count). The molecule has 1 fully saturated rings. The van der Waals surface area contributed by atoms with Crippen LogP contribution in [0.2, 0.25) is 0 Å². The topological polar surface area (TPSA) is 32.3 Å². The van der Waals surface area contributed by atoms with Crippen molar-refractivity contribution in [2.75, 3.05) is 20.1 Å². The molecule has 76 valence electrons. The average Bonchev–Trinajstić information content (AvgIpc) is 2.41. The molecule has 1 heterocycles. The smallest absolute Gasteiger partial charge is 0.222 e. The van der Waals surface area contributed by atoms with Gasteiger partial charge < -0.3 is 10.2 Å². The number of likely N-dealkylation sites (N-methyl/N-ethyl adjacent to an activating group) is 1. The van der Waals surface area contributed by atoms with E-state index in [1.165, 1.54) is 12.8 Å². The number of nitrogens with zero attached hydrogens (tertiary/aromatic N) is 1. The first-order valence-electron chi connectivity index (χ1n) is 5.23. The Labute approximate surface area is 80.5 Å². The number of likely N-dealkylation sites (tertiary alicyclic amines) is 1. The summed E-state index contributed by atoms with van der Waals surface area (Å²) in [5, 5.41) is 3.26. The van der Waals surface area contributed by atoms with Crippen molar-refractivity contribution in [3.8, 4) is 0 Å². The van der Waals surface area contributed by atoms with Crippen LogP contribution in [-0.2, 0) is 4.79 Å². The summed E-state index contributed by atoms with van der Waals surface area (Å²) in [4.78, 5) is 13.5. The van der Waals surface area contributed by atoms with Crippen molar-refractivity contribution in [3.05, 3.63) is 0 Å². The molecule has 3 nitrogen and oxygen atoms in total. The lowest BCUT2D eigenvalue weighted by atomic mass is 10.1. The van der Waals surface area contributed by atoms with E-state index in [0.717, 1.165) is 19.5 Å². The van der Waals surface area contributed by atoms with Gasteiger partial charge >= 0.3 is 0 Å². The fourth-order valence-electron chi connectivity index (χ4n) is 1.83. The van der Waals surface area contributed by atoms with E-state index in [2.05, 4.69) is 5.32 Å². The fraction of sp³-hybridized carbons (Fsp3) is 0.900. The molecule has 1 unspecified atom stereocenters. The highest BCUT2D eigenvalue weighted by molar-refractivity contribution is 5.75. The maximum absolute atomic E-state index is 11.5. The Bertz CT molecular complexity index is 170. The zero-order chi connectivity index (χ0) is 9.68. The summed E-state index contributed by atoms with van der Waals surface area (Å²) in [6, 6.07) is 0.498. The van der Waals surface area contributed by atoms with Crippen LogP contribution < -0.4 is 5.32 Å². The molecule has 0 aromatic rings. The monoisotopic (exact) mass is 184 g/mol. The lowest BCUT2D eigenvalue weighted by Gasteiger charge is -2.23. The van der Waals surface area contributed by atoms with Gasteiger partial charge in [-0.15, -0.1) is 0 Å². The molecular formula is C10H20N2O. The van der Waals surface area contributed by atoms with E-state index < -0.39 is 0 Å². The van der Waals surface area contributed by atoms with Crippen molar-refractivity contribution in [2.45, 2.75) is 38.6 Å². The number of hydrogen-bond acceptors (Lipinski definition) is 2. The van der Waals surface area contributed by atoms with Gasteiger partial charge in [0.25, 0.3) is 0 Å². The third-order valence-corrected chi connectivity index (χ3v) is 2.73. The molecule has 1 aliphatic heterocycles. The quantitative estimate of drug-likeness (QED) is 0.694. The van der Waals surface area contributed by atoms with Crippen LogP contribution in [0, 0.1) is 0 Å². The second kappa shape index (κ2) is 5.22. The van der Waals surface area contributed by atoms with Crippen molar-refractivity contribution >= 4 is 5.91 Å². The van der Waals surface area contributed by atoms with E-state index in [1.54, 1.807) is 0 Å². The molecule has 1 amide bonds. The minimum atomic E-state index is 0.294. The van der Waals surface area contributed by atoms with Crippen LogP contribution in [0.15, 0.2) is 0 Å². The lowest BCUT2D eigenvalue weighted by Crippen LogP contribution is -2.40. The van der Waals surface area contributed by atoms with E-state index in [-0.39, 0.29) is 0 Å². The Morgan fingerprint density at radius 1 is 1.54 bits per heavy atom. The Hall–Kier alpha value is -0.570. The Morgan fingerprint density at radius 2 is 2.31 bits per heavy atom. The molecule has 0 aliphatic carbocycles. The molecule has 0 spiro atoms. The summed E-state index contributed by atoms with van der Waals surface area (Å²) in [6.07, 6.45) is 4.23. The van der Waals surface area contributed by atoms with Gasteiger partial charge in [-0.2, -0.15) is 0 Å². The van der Waals surface area contributed by atoms with Gasteiger partial charge in [-0.25, -0.2) is 0 Å². The molecule has 1 saturated heterocycles. The lowest BCUT2D eigenvalue weighted by molar-refractivity contribution is -0.131. The highest BCUT2D eigenvalue weighted by atomic mass is 16.2. The largest absolute Gasteiger partial charge is 0.341 e. The summed E-state index contributed by atoms with van der Waals surface area (Å²) >= 11 is 0. The van der Waals surface area contributed by atoms with Gasteiger partial charge in [-0.05, 0) is 19.9 Å². The molecule has 0 radical (unpaired) electrons. The van der Waals surface area contributed by atoms with E-state index in [1.807, 2.05) is 18.9 Å². The standard InChI is InChI=1S/C10H20N2O/c1-3-10(13)12-7-5-4-6-9(8-12)11-2/h9,11H,3-8H2,1-2H3.